The average molecular weight is 357 g/mol. The van der Waals surface area contributed by atoms with Gasteiger partial charge in [-0.3, -0.25) is 14.6 Å². The zero-order valence-corrected chi connectivity index (χ0v) is 13.8. The second kappa shape index (κ2) is 7.96. The summed E-state index contributed by atoms with van der Waals surface area (Å²) in [5.41, 5.74) is 0.803. The quantitative estimate of drug-likeness (QED) is 0.640. The molecule has 0 aliphatic heterocycles. The normalized spacial score (nSPS) is 10.5. The van der Waals surface area contributed by atoms with Gasteiger partial charge in [-0.2, -0.15) is 4.98 Å². The van der Waals surface area contributed by atoms with Crippen molar-refractivity contribution in [2.45, 2.75) is 26.2 Å². The number of hydrogen-bond acceptors (Lipinski definition) is 9. The van der Waals surface area contributed by atoms with Crippen LogP contribution in [0, 0.1) is 0 Å². The van der Waals surface area contributed by atoms with E-state index < -0.39 is 0 Å². The minimum absolute atomic E-state index is 0.0583. The summed E-state index contributed by atoms with van der Waals surface area (Å²) in [5, 5.41) is 15.8. The van der Waals surface area contributed by atoms with Crippen LogP contribution in [0.5, 0.6) is 0 Å². The molecule has 0 saturated carbocycles. The number of aryl methyl sites for hydroxylation is 1. The third kappa shape index (κ3) is 4.47. The third-order valence-corrected chi connectivity index (χ3v) is 3.24. The molecule has 0 atom stereocenters. The van der Waals surface area contributed by atoms with Gasteiger partial charge in [0.2, 0.25) is 35.2 Å². The van der Waals surface area contributed by atoms with E-state index in [-0.39, 0.29) is 29.9 Å². The van der Waals surface area contributed by atoms with E-state index in [2.05, 4.69) is 40.7 Å². The van der Waals surface area contributed by atoms with Crippen LogP contribution in [0.4, 0.5) is 11.6 Å². The second-order valence-electron chi connectivity index (χ2n) is 5.29. The van der Waals surface area contributed by atoms with Crippen LogP contribution in [-0.2, 0) is 16.0 Å². The minimum Gasteiger partial charge on any atom is -0.339 e. The van der Waals surface area contributed by atoms with Crippen LogP contribution in [0.3, 0.4) is 0 Å². The fourth-order valence-corrected chi connectivity index (χ4v) is 2.09. The molecule has 26 heavy (non-hydrogen) atoms. The summed E-state index contributed by atoms with van der Waals surface area (Å²) >= 11 is 0. The molecule has 134 valence electrons. The molecule has 3 heterocycles. The lowest BCUT2D eigenvalue weighted by Gasteiger charge is -2.02. The minimum atomic E-state index is -0.349. The monoisotopic (exact) mass is 357 g/mol. The molecule has 0 radical (unpaired) electrons. The lowest BCUT2D eigenvalue weighted by atomic mass is 10.2. The van der Waals surface area contributed by atoms with E-state index in [1.165, 1.54) is 6.92 Å². The van der Waals surface area contributed by atoms with Gasteiger partial charge >= 0.3 is 0 Å². The first kappa shape index (κ1) is 17.2. The Bertz CT molecular complexity index is 890. The van der Waals surface area contributed by atoms with E-state index >= 15 is 0 Å². The molecule has 0 fully saturated rings. The molecule has 0 aliphatic rings. The van der Waals surface area contributed by atoms with Gasteiger partial charge in [-0.15, -0.1) is 0 Å². The van der Waals surface area contributed by atoms with E-state index in [1.54, 1.807) is 24.5 Å². The predicted octanol–water partition coefficient (Wildman–Crippen LogP) is 1.43. The Kier molecular flexibility index (Phi) is 5.27. The Morgan fingerprint density at radius 1 is 1.08 bits per heavy atom. The van der Waals surface area contributed by atoms with Crippen LogP contribution >= 0.6 is 0 Å². The SMILES string of the molecule is CC(=O)Nc1nonc1NC(=O)CCCc1nc(-c2ccncc2)no1. The molecule has 2 amide bonds. The Labute approximate surface area is 147 Å². The maximum atomic E-state index is 12.0. The van der Waals surface area contributed by atoms with Crippen LogP contribution < -0.4 is 10.6 Å². The van der Waals surface area contributed by atoms with Crippen LogP contribution in [0.25, 0.3) is 11.4 Å². The number of rotatable bonds is 7. The number of amides is 2. The van der Waals surface area contributed by atoms with E-state index in [0.717, 1.165) is 5.56 Å². The summed E-state index contributed by atoms with van der Waals surface area (Å²) in [5.74, 6) is 0.374. The Morgan fingerprint density at radius 3 is 2.54 bits per heavy atom. The van der Waals surface area contributed by atoms with Gasteiger partial charge in [0.15, 0.2) is 0 Å². The fourth-order valence-electron chi connectivity index (χ4n) is 2.09. The Hall–Kier alpha value is -3.63. The van der Waals surface area contributed by atoms with Crippen molar-refractivity contribution < 1.29 is 18.7 Å². The van der Waals surface area contributed by atoms with Gasteiger partial charge in [-0.1, -0.05) is 5.16 Å². The van der Waals surface area contributed by atoms with Crippen LogP contribution in [-0.4, -0.2) is 37.3 Å². The Balaban J connectivity index is 1.48. The van der Waals surface area contributed by atoms with Gasteiger partial charge in [0.25, 0.3) is 0 Å². The van der Waals surface area contributed by atoms with Crippen molar-refractivity contribution in [1.29, 1.82) is 0 Å². The van der Waals surface area contributed by atoms with Gasteiger partial charge in [-0.25, -0.2) is 4.63 Å². The number of nitrogens with one attached hydrogen (secondary N) is 2. The maximum absolute atomic E-state index is 12.0. The number of nitrogens with zero attached hydrogens (tertiary/aromatic N) is 5. The molecule has 0 spiro atoms. The number of hydrogen-bond donors (Lipinski definition) is 2. The standard InChI is InChI=1S/C15H15N7O4/c1-9(23)17-14-15(22-26-21-14)18-11(24)3-2-4-12-19-13(20-25-12)10-5-7-16-8-6-10/h5-8H,2-4H2,1H3,(H,17,21,23)(H,18,22,24). The summed E-state index contributed by atoms with van der Waals surface area (Å²) in [4.78, 5) is 31.2. The molecule has 2 N–H and O–H groups in total. The molecule has 3 aromatic heterocycles. The van der Waals surface area contributed by atoms with E-state index in [1.807, 2.05) is 0 Å². The Morgan fingerprint density at radius 2 is 1.81 bits per heavy atom. The highest BCUT2D eigenvalue weighted by Gasteiger charge is 2.15. The van der Waals surface area contributed by atoms with E-state index in [9.17, 15) is 9.59 Å². The van der Waals surface area contributed by atoms with Gasteiger partial charge in [0.1, 0.15) is 0 Å². The van der Waals surface area contributed by atoms with Gasteiger partial charge in [0, 0.05) is 37.7 Å². The lowest BCUT2D eigenvalue weighted by molar-refractivity contribution is -0.116. The summed E-state index contributed by atoms with van der Waals surface area (Å²) in [6.07, 6.45) is 4.42. The lowest BCUT2D eigenvalue weighted by Crippen LogP contribution is -2.15. The van der Waals surface area contributed by atoms with Crippen LogP contribution in [0.1, 0.15) is 25.7 Å². The zero-order chi connectivity index (χ0) is 18.4. The van der Waals surface area contributed by atoms with Gasteiger partial charge in [-0.05, 0) is 28.9 Å². The first-order chi connectivity index (χ1) is 12.6. The largest absolute Gasteiger partial charge is 0.339 e. The molecule has 0 aromatic carbocycles. The van der Waals surface area contributed by atoms with Crippen molar-refractivity contribution in [2.24, 2.45) is 0 Å². The highest BCUT2D eigenvalue weighted by Crippen LogP contribution is 2.17. The molecule has 0 unspecified atom stereocenters. The molecule has 3 rings (SSSR count). The van der Waals surface area contributed by atoms with Crippen LogP contribution in [0.2, 0.25) is 0 Å². The van der Waals surface area contributed by atoms with E-state index in [4.69, 9.17) is 4.52 Å². The zero-order valence-electron chi connectivity index (χ0n) is 13.8. The molecular formula is C15H15N7O4. The van der Waals surface area contributed by atoms with Crippen molar-refractivity contribution in [2.75, 3.05) is 10.6 Å². The number of carbonyl (C=O) groups is 2. The van der Waals surface area contributed by atoms with Crippen molar-refractivity contribution in [3.63, 3.8) is 0 Å². The summed E-state index contributed by atoms with van der Waals surface area (Å²) in [7, 11) is 0. The molecule has 11 heteroatoms. The van der Waals surface area contributed by atoms with Crippen molar-refractivity contribution in [1.82, 2.24) is 25.4 Å². The van der Waals surface area contributed by atoms with Gasteiger partial charge in [0.05, 0.1) is 0 Å². The third-order valence-electron chi connectivity index (χ3n) is 3.24. The molecule has 3 aromatic rings. The summed E-state index contributed by atoms with van der Waals surface area (Å²) < 4.78 is 9.67. The predicted molar refractivity (Wildman–Crippen MR) is 87.7 cm³/mol. The smallest absolute Gasteiger partial charge is 0.226 e. The fraction of sp³-hybridized carbons (Fsp3) is 0.267. The summed E-state index contributed by atoms with van der Waals surface area (Å²) in [6, 6.07) is 3.56. The van der Waals surface area contributed by atoms with Crippen molar-refractivity contribution >= 4 is 23.5 Å². The van der Waals surface area contributed by atoms with Crippen molar-refractivity contribution in [3.05, 3.63) is 30.4 Å². The number of carbonyl (C=O) groups excluding carboxylic acids is 2. The molecule has 11 nitrogen and oxygen atoms in total. The first-order valence-electron chi connectivity index (χ1n) is 7.75. The first-order valence-corrected chi connectivity index (χ1v) is 7.75. The maximum Gasteiger partial charge on any atom is 0.226 e. The highest BCUT2D eigenvalue weighted by atomic mass is 16.6. The number of aromatic nitrogens is 5. The number of anilines is 2. The molecule has 0 saturated heterocycles. The van der Waals surface area contributed by atoms with E-state index in [0.29, 0.717) is 24.6 Å². The molecular weight excluding hydrogens is 342 g/mol. The average Bonchev–Trinajstić information content (AvgIpc) is 3.25. The highest BCUT2D eigenvalue weighted by molar-refractivity contribution is 5.96. The van der Waals surface area contributed by atoms with Crippen molar-refractivity contribution in [3.8, 4) is 11.4 Å². The van der Waals surface area contributed by atoms with Gasteiger partial charge < -0.3 is 15.2 Å². The second-order valence-corrected chi connectivity index (χ2v) is 5.29. The topological polar surface area (TPSA) is 149 Å². The van der Waals surface area contributed by atoms with Crippen LogP contribution in [0.15, 0.2) is 33.7 Å². The molecule has 0 aliphatic carbocycles. The molecule has 0 bridgehead atoms. The number of pyridine rings is 1. The summed E-state index contributed by atoms with van der Waals surface area (Å²) in [6.45, 7) is 1.31.